The van der Waals surface area contributed by atoms with Crippen LogP contribution in [0.25, 0.3) is 0 Å². The van der Waals surface area contributed by atoms with Crippen molar-refractivity contribution < 1.29 is 14.3 Å². The molecule has 3 aromatic rings. The molecule has 1 unspecified atom stereocenters. The average molecular weight is 372 g/mol. The third-order valence-electron chi connectivity index (χ3n) is 3.52. The van der Waals surface area contributed by atoms with Gasteiger partial charge in [0.15, 0.2) is 6.04 Å². The van der Waals surface area contributed by atoms with Crippen LogP contribution < -0.4 is 5.32 Å². The Bertz CT molecular complexity index is 844. The molecule has 2 heterocycles. The fourth-order valence-electron chi connectivity index (χ4n) is 2.29. The van der Waals surface area contributed by atoms with Gasteiger partial charge in [0.1, 0.15) is 5.69 Å². The molecule has 1 amide bonds. The SMILES string of the molecule is COC(=O)C(NC(=O)c1csc(Cc2ccccc2)n1)c1cccs1. The Labute approximate surface area is 153 Å². The van der Waals surface area contributed by atoms with Crippen LogP contribution in [0.15, 0.2) is 53.2 Å². The van der Waals surface area contributed by atoms with Crippen LogP contribution in [0.5, 0.6) is 0 Å². The number of thiophene rings is 1. The molecule has 0 saturated heterocycles. The van der Waals surface area contributed by atoms with E-state index in [9.17, 15) is 9.59 Å². The molecule has 128 valence electrons. The molecular weight excluding hydrogens is 356 g/mol. The van der Waals surface area contributed by atoms with Crippen molar-refractivity contribution in [3.05, 3.63) is 74.4 Å². The molecule has 7 heteroatoms. The molecular formula is C18H16N2O3S2. The van der Waals surface area contributed by atoms with E-state index >= 15 is 0 Å². The number of nitrogens with one attached hydrogen (secondary N) is 1. The molecule has 1 N–H and O–H groups in total. The molecule has 0 spiro atoms. The van der Waals surface area contributed by atoms with Crippen molar-refractivity contribution in [3.63, 3.8) is 0 Å². The van der Waals surface area contributed by atoms with Crippen LogP contribution in [0.1, 0.15) is 32.0 Å². The minimum atomic E-state index is -0.822. The number of benzene rings is 1. The van der Waals surface area contributed by atoms with Crippen LogP contribution in [0.2, 0.25) is 0 Å². The van der Waals surface area contributed by atoms with Crippen LogP contribution >= 0.6 is 22.7 Å². The summed E-state index contributed by atoms with van der Waals surface area (Å²) in [5.41, 5.74) is 1.44. The second-order valence-electron chi connectivity index (χ2n) is 5.23. The van der Waals surface area contributed by atoms with Crippen LogP contribution in [0.3, 0.4) is 0 Å². The number of hydrogen-bond acceptors (Lipinski definition) is 6. The summed E-state index contributed by atoms with van der Waals surface area (Å²) in [5.74, 6) is -0.894. The summed E-state index contributed by atoms with van der Waals surface area (Å²) < 4.78 is 4.79. The monoisotopic (exact) mass is 372 g/mol. The molecule has 1 atom stereocenters. The molecule has 0 aliphatic heterocycles. The van der Waals surface area contributed by atoms with Gasteiger partial charge in [-0.05, 0) is 17.0 Å². The number of amides is 1. The van der Waals surface area contributed by atoms with Crippen molar-refractivity contribution in [2.24, 2.45) is 0 Å². The van der Waals surface area contributed by atoms with E-state index in [1.165, 1.54) is 29.8 Å². The van der Waals surface area contributed by atoms with Gasteiger partial charge in [0.2, 0.25) is 0 Å². The highest BCUT2D eigenvalue weighted by Gasteiger charge is 2.26. The van der Waals surface area contributed by atoms with Crippen LogP contribution in [0, 0.1) is 0 Å². The van der Waals surface area contributed by atoms with Crippen LogP contribution in [0.4, 0.5) is 0 Å². The van der Waals surface area contributed by atoms with Gasteiger partial charge in [0.25, 0.3) is 5.91 Å². The number of rotatable bonds is 6. The summed E-state index contributed by atoms with van der Waals surface area (Å²) in [5, 5.41) is 7.10. The molecule has 0 fully saturated rings. The zero-order valence-corrected chi connectivity index (χ0v) is 15.1. The van der Waals surface area contributed by atoms with Gasteiger partial charge in [0.05, 0.1) is 12.1 Å². The number of esters is 1. The predicted molar refractivity (Wildman–Crippen MR) is 97.9 cm³/mol. The number of aromatic nitrogens is 1. The molecule has 0 bridgehead atoms. The Hall–Kier alpha value is -2.51. The van der Waals surface area contributed by atoms with Gasteiger partial charge >= 0.3 is 5.97 Å². The highest BCUT2D eigenvalue weighted by Crippen LogP contribution is 2.21. The largest absolute Gasteiger partial charge is 0.467 e. The third-order valence-corrected chi connectivity index (χ3v) is 5.31. The lowest BCUT2D eigenvalue weighted by Crippen LogP contribution is -2.34. The van der Waals surface area contributed by atoms with E-state index in [4.69, 9.17) is 4.74 Å². The number of methoxy groups -OCH3 is 1. The predicted octanol–water partition coefficient (Wildman–Crippen LogP) is 3.44. The first-order chi connectivity index (χ1) is 12.2. The standard InChI is InChI=1S/C18H16N2O3S2/c1-23-18(22)16(14-8-5-9-24-14)20-17(21)13-11-25-15(19-13)10-12-6-3-2-4-7-12/h2-9,11,16H,10H2,1H3,(H,20,21). The highest BCUT2D eigenvalue weighted by atomic mass is 32.1. The van der Waals surface area contributed by atoms with Crippen molar-refractivity contribution in [1.29, 1.82) is 0 Å². The minimum absolute atomic E-state index is 0.307. The number of carbonyl (C=O) groups excluding carboxylic acids is 2. The number of ether oxygens (including phenoxy) is 1. The summed E-state index contributed by atoms with van der Waals surface area (Å²) in [6.07, 6.45) is 0.671. The summed E-state index contributed by atoms with van der Waals surface area (Å²) in [7, 11) is 1.30. The van der Waals surface area contributed by atoms with E-state index in [-0.39, 0.29) is 5.91 Å². The van der Waals surface area contributed by atoms with Gasteiger partial charge in [-0.2, -0.15) is 0 Å². The van der Waals surface area contributed by atoms with Crippen LogP contribution in [-0.4, -0.2) is 24.0 Å². The molecule has 1 aromatic carbocycles. The lowest BCUT2D eigenvalue weighted by molar-refractivity contribution is -0.143. The number of hydrogen-bond donors (Lipinski definition) is 1. The Kier molecular flexibility index (Phi) is 5.57. The topological polar surface area (TPSA) is 68.3 Å². The van der Waals surface area contributed by atoms with E-state index in [0.717, 1.165) is 15.4 Å². The highest BCUT2D eigenvalue weighted by molar-refractivity contribution is 7.10. The van der Waals surface area contributed by atoms with E-state index in [2.05, 4.69) is 10.3 Å². The fourth-order valence-corrected chi connectivity index (χ4v) is 3.86. The van der Waals surface area contributed by atoms with Crippen molar-refractivity contribution >= 4 is 34.6 Å². The molecule has 0 radical (unpaired) electrons. The van der Waals surface area contributed by atoms with Crippen molar-refractivity contribution in [2.45, 2.75) is 12.5 Å². The van der Waals surface area contributed by atoms with Crippen molar-refractivity contribution in [2.75, 3.05) is 7.11 Å². The molecule has 0 aliphatic carbocycles. The van der Waals surface area contributed by atoms with Gasteiger partial charge in [-0.1, -0.05) is 36.4 Å². The lowest BCUT2D eigenvalue weighted by Gasteiger charge is -2.14. The number of nitrogens with zero attached hydrogens (tertiary/aromatic N) is 1. The Morgan fingerprint density at radius 3 is 2.64 bits per heavy atom. The Morgan fingerprint density at radius 1 is 1.16 bits per heavy atom. The molecule has 0 saturated carbocycles. The van der Waals surface area contributed by atoms with Gasteiger partial charge in [-0.3, -0.25) is 4.79 Å². The second-order valence-corrected chi connectivity index (χ2v) is 7.16. The molecule has 2 aromatic heterocycles. The average Bonchev–Trinajstić information content (AvgIpc) is 3.32. The molecule has 3 rings (SSSR count). The zero-order valence-electron chi connectivity index (χ0n) is 13.5. The van der Waals surface area contributed by atoms with E-state index in [1.807, 2.05) is 41.8 Å². The maximum atomic E-state index is 12.5. The molecule has 0 aliphatic rings. The fraction of sp³-hybridized carbons (Fsp3) is 0.167. The van der Waals surface area contributed by atoms with E-state index in [1.54, 1.807) is 11.4 Å². The number of carbonyl (C=O) groups is 2. The van der Waals surface area contributed by atoms with E-state index in [0.29, 0.717) is 12.1 Å². The summed E-state index contributed by atoms with van der Waals surface area (Å²) in [6, 6.07) is 12.7. The summed E-state index contributed by atoms with van der Waals surface area (Å²) >= 11 is 2.81. The summed E-state index contributed by atoms with van der Waals surface area (Å²) in [6.45, 7) is 0. The maximum absolute atomic E-state index is 12.5. The first-order valence-electron chi connectivity index (χ1n) is 7.58. The third kappa shape index (κ3) is 4.32. The summed E-state index contributed by atoms with van der Waals surface area (Å²) in [4.78, 5) is 29.5. The zero-order chi connectivity index (χ0) is 17.6. The van der Waals surface area contributed by atoms with Gasteiger partial charge in [0, 0.05) is 16.7 Å². The smallest absolute Gasteiger partial charge is 0.333 e. The lowest BCUT2D eigenvalue weighted by atomic mass is 10.2. The number of thiazole rings is 1. The van der Waals surface area contributed by atoms with E-state index < -0.39 is 12.0 Å². The van der Waals surface area contributed by atoms with Gasteiger partial charge in [-0.15, -0.1) is 22.7 Å². The minimum Gasteiger partial charge on any atom is -0.467 e. The Morgan fingerprint density at radius 2 is 1.96 bits per heavy atom. The molecule has 5 nitrogen and oxygen atoms in total. The van der Waals surface area contributed by atoms with Crippen molar-refractivity contribution in [3.8, 4) is 0 Å². The van der Waals surface area contributed by atoms with Crippen LogP contribution in [-0.2, 0) is 16.0 Å². The Balaban J connectivity index is 1.71. The second kappa shape index (κ2) is 8.04. The van der Waals surface area contributed by atoms with Gasteiger partial charge in [-0.25, -0.2) is 9.78 Å². The van der Waals surface area contributed by atoms with Gasteiger partial charge < -0.3 is 10.1 Å². The normalized spacial score (nSPS) is 11.7. The first kappa shape index (κ1) is 17.3. The van der Waals surface area contributed by atoms with Crippen molar-refractivity contribution in [1.82, 2.24) is 10.3 Å². The first-order valence-corrected chi connectivity index (χ1v) is 9.33. The maximum Gasteiger partial charge on any atom is 0.333 e. The molecule has 25 heavy (non-hydrogen) atoms. The quantitative estimate of drug-likeness (QED) is 0.673.